The van der Waals surface area contributed by atoms with Crippen LogP contribution in [-0.4, -0.2) is 21.1 Å². The smallest absolute Gasteiger partial charge is 0.0375 e. The average Bonchev–Trinajstić information content (AvgIpc) is 2.18. The molecule has 0 saturated carbocycles. The van der Waals surface area contributed by atoms with Gasteiger partial charge in [-0.3, -0.25) is 0 Å². The van der Waals surface area contributed by atoms with E-state index in [4.69, 9.17) is 0 Å². The van der Waals surface area contributed by atoms with E-state index >= 15 is 0 Å². The maximum Gasteiger partial charge on any atom is 0.0375 e. The third kappa shape index (κ3) is 2.26. The summed E-state index contributed by atoms with van der Waals surface area (Å²) < 4.78 is 0. The molecule has 0 saturated heterocycles. The van der Waals surface area contributed by atoms with Gasteiger partial charge in [-0.15, -0.1) is 0 Å². The van der Waals surface area contributed by atoms with E-state index in [1.165, 1.54) is 11.3 Å². The van der Waals surface area contributed by atoms with Crippen LogP contribution in [0.15, 0.2) is 24.3 Å². The van der Waals surface area contributed by atoms with E-state index in [9.17, 15) is 0 Å². The molecule has 0 heterocycles. The van der Waals surface area contributed by atoms with E-state index < -0.39 is 0 Å². The molecule has 0 radical (unpaired) electrons. The predicted octanol–water partition coefficient (Wildman–Crippen LogP) is 2.21. The minimum Gasteiger partial charge on any atom is -0.378 e. The van der Waals surface area contributed by atoms with Crippen LogP contribution in [0.5, 0.6) is 0 Å². The topological polar surface area (TPSA) is 15.3 Å². The first-order valence-corrected chi connectivity index (χ1v) is 4.94. The van der Waals surface area contributed by atoms with Crippen LogP contribution in [-0.2, 0) is 5.54 Å². The molecule has 0 bridgehead atoms. The number of benzene rings is 1. The largest absolute Gasteiger partial charge is 0.378 e. The van der Waals surface area contributed by atoms with Crippen molar-refractivity contribution in [3.63, 3.8) is 0 Å². The number of nitrogens with one attached hydrogen (secondary N) is 1. The standard InChI is InChI=1S/C12H20N2/c1-12(2,13-3)10-6-8-11(9-7-10)14(4)5/h6-9,13H,1-5H3. The predicted molar refractivity (Wildman–Crippen MR) is 62.9 cm³/mol. The van der Waals surface area contributed by atoms with Crippen molar-refractivity contribution in [1.29, 1.82) is 0 Å². The molecular formula is C12H20N2. The highest BCUT2D eigenvalue weighted by Gasteiger charge is 2.16. The van der Waals surface area contributed by atoms with E-state index in [0.717, 1.165) is 0 Å². The first kappa shape index (κ1) is 11.1. The number of nitrogens with zero attached hydrogens (tertiary/aromatic N) is 1. The minimum atomic E-state index is 0.0465. The van der Waals surface area contributed by atoms with Crippen LogP contribution in [0.25, 0.3) is 0 Å². The summed E-state index contributed by atoms with van der Waals surface area (Å²) in [6, 6.07) is 8.64. The molecule has 2 nitrogen and oxygen atoms in total. The first-order chi connectivity index (χ1) is 6.47. The fraction of sp³-hybridized carbons (Fsp3) is 0.500. The molecule has 0 spiro atoms. The molecule has 1 aromatic carbocycles. The van der Waals surface area contributed by atoms with Crippen molar-refractivity contribution in [3.8, 4) is 0 Å². The Hall–Kier alpha value is -1.02. The molecular weight excluding hydrogens is 172 g/mol. The van der Waals surface area contributed by atoms with Gasteiger partial charge in [0.1, 0.15) is 0 Å². The van der Waals surface area contributed by atoms with Gasteiger partial charge in [0, 0.05) is 25.3 Å². The summed E-state index contributed by atoms with van der Waals surface area (Å²) in [6.45, 7) is 4.36. The Morgan fingerprint density at radius 3 is 1.93 bits per heavy atom. The summed E-state index contributed by atoms with van der Waals surface area (Å²) in [5, 5.41) is 3.29. The zero-order valence-corrected chi connectivity index (χ0v) is 9.76. The number of anilines is 1. The van der Waals surface area contributed by atoms with Crippen molar-refractivity contribution in [2.75, 3.05) is 26.0 Å². The Morgan fingerprint density at radius 2 is 1.57 bits per heavy atom. The molecule has 0 aliphatic carbocycles. The van der Waals surface area contributed by atoms with Gasteiger partial charge in [-0.05, 0) is 38.6 Å². The Morgan fingerprint density at radius 1 is 1.07 bits per heavy atom. The first-order valence-electron chi connectivity index (χ1n) is 4.94. The fourth-order valence-corrected chi connectivity index (χ4v) is 1.32. The van der Waals surface area contributed by atoms with Crippen LogP contribution < -0.4 is 10.2 Å². The van der Waals surface area contributed by atoms with E-state index in [2.05, 4.69) is 62.4 Å². The van der Waals surface area contributed by atoms with Gasteiger partial charge in [0.2, 0.25) is 0 Å². The molecule has 0 atom stereocenters. The number of rotatable bonds is 3. The van der Waals surface area contributed by atoms with Gasteiger partial charge in [-0.1, -0.05) is 12.1 Å². The lowest BCUT2D eigenvalue weighted by atomic mass is 9.94. The van der Waals surface area contributed by atoms with Crippen LogP contribution >= 0.6 is 0 Å². The molecule has 0 aromatic heterocycles. The van der Waals surface area contributed by atoms with Crippen molar-refractivity contribution >= 4 is 5.69 Å². The zero-order valence-electron chi connectivity index (χ0n) is 9.76. The quantitative estimate of drug-likeness (QED) is 0.790. The molecule has 14 heavy (non-hydrogen) atoms. The monoisotopic (exact) mass is 192 g/mol. The highest BCUT2D eigenvalue weighted by molar-refractivity contribution is 5.47. The lowest BCUT2D eigenvalue weighted by Crippen LogP contribution is -2.33. The molecule has 1 N–H and O–H groups in total. The summed E-state index contributed by atoms with van der Waals surface area (Å²) in [5.74, 6) is 0. The van der Waals surface area contributed by atoms with Crippen molar-refractivity contribution in [1.82, 2.24) is 5.32 Å². The average molecular weight is 192 g/mol. The third-order valence-corrected chi connectivity index (χ3v) is 2.73. The summed E-state index contributed by atoms with van der Waals surface area (Å²) in [4.78, 5) is 2.11. The normalized spacial score (nSPS) is 11.5. The molecule has 0 unspecified atom stereocenters. The number of hydrogen-bond donors (Lipinski definition) is 1. The van der Waals surface area contributed by atoms with Gasteiger partial charge >= 0.3 is 0 Å². The highest BCUT2D eigenvalue weighted by atomic mass is 15.1. The van der Waals surface area contributed by atoms with Gasteiger partial charge in [-0.25, -0.2) is 0 Å². The van der Waals surface area contributed by atoms with Crippen molar-refractivity contribution in [2.45, 2.75) is 19.4 Å². The fourth-order valence-electron chi connectivity index (χ4n) is 1.32. The molecule has 0 aliphatic heterocycles. The minimum absolute atomic E-state index is 0.0465. The Bertz CT molecular complexity index is 286. The molecule has 0 amide bonds. The van der Waals surface area contributed by atoms with Crippen molar-refractivity contribution < 1.29 is 0 Å². The van der Waals surface area contributed by atoms with Crippen LogP contribution in [0.3, 0.4) is 0 Å². The van der Waals surface area contributed by atoms with Crippen LogP contribution in [0.4, 0.5) is 5.69 Å². The van der Waals surface area contributed by atoms with Gasteiger partial charge in [0.25, 0.3) is 0 Å². The SMILES string of the molecule is CNC(C)(C)c1ccc(N(C)C)cc1. The summed E-state index contributed by atoms with van der Waals surface area (Å²) >= 11 is 0. The van der Waals surface area contributed by atoms with Crippen molar-refractivity contribution in [2.24, 2.45) is 0 Å². The zero-order chi connectivity index (χ0) is 10.8. The molecule has 1 rings (SSSR count). The summed E-state index contributed by atoms with van der Waals surface area (Å²) in [5.41, 5.74) is 2.59. The second-order valence-electron chi connectivity index (χ2n) is 4.32. The lowest BCUT2D eigenvalue weighted by Gasteiger charge is -2.25. The molecule has 0 fully saturated rings. The van der Waals surface area contributed by atoms with Crippen molar-refractivity contribution in [3.05, 3.63) is 29.8 Å². The van der Waals surface area contributed by atoms with Crippen LogP contribution in [0, 0.1) is 0 Å². The highest BCUT2D eigenvalue weighted by Crippen LogP contribution is 2.21. The van der Waals surface area contributed by atoms with E-state index in [1.807, 2.05) is 7.05 Å². The van der Waals surface area contributed by atoms with Crippen LogP contribution in [0.2, 0.25) is 0 Å². The Balaban J connectivity index is 2.94. The van der Waals surface area contributed by atoms with E-state index in [1.54, 1.807) is 0 Å². The number of hydrogen-bond acceptors (Lipinski definition) is 2. The van der Waals surface area contributed by atoms with Gasteiger partial charge in [0.05, 0.1) is 0 Å². The van der Waals surface area contributed by atoms with Gasteiger partial charge in [0.15, 0.2) is 0 Å². The Kier molecular flexibility index (Phi) is 3.17. The molecule has 1 aromatic rings. The van der Waals surface area contributed by atoms with Gasteiger partial charge in [-0.2, -0.15) is 0 Å². The van der Waals surface area contributed by atoms with Gasteiger partial charge < -0.3 is 10.2 Å². The Labute approximate surface area is 86.9 Å². The second-order valence-corrected chi connectivity index (χ2v) is 4.32. The maximum atomic E-state index is 3.29. The molecule has 78 valence electrons. The third-order valence-electron chi connectivity index (χ3n) is 2.73. The van der Waals surface area contributed by atoms with Crippen LogP contribution in [0.1, 0.15) is 19.4 Å². The van der Waals surface area contributed by atoms with E-state index in [0.29, 0.717) is 0 Å². The molecule has 2 heteroatoms. The second kappa shape index (κ2) is 4.01. The molecule has 0 aliphatic rings. The summed E-state index contributed by atoms with van der Waals surface area (Å²) in [6.07, 6.45) is 0. The lowest BCUT2D eigenvalue weighted by molar-refractivity contribution is 0.445. The summed E-state index contributed by atoms with van der Waals surface area (Å²) in [7, 11) is 6.09. The maximum absolute atomic E-state index is 3.29. The van der Waals surface area contributed by atoms with E-state index in [-0.39, 0.29) is 5.54 Å².